The number of carboxylic acids is 1. The third-order valence-corrected chi connectivity index (χ3v) is 8.25. The second kappa shape index (κ2) is 7.60. The van der Waals surface area contributed by atoms with Gasteiger partial charge in [0, 0.05) is 35.8 Å². The number of benzene rings is 1. The van der Waals surface area contributed by atoms with Gasteiger partial charge in [0.05, 0.1) is 18.8 Å². The van der Waals surface area contributed by atoms with Crippen LogP contribution >= 0.6 is 0 Å². The molecule has 1 aliphatic carbocycles. The number of fused-ring (bicyclic) bond motifs is 3. The van der Waals surface area contributed by atoms with Gasteiger partial charge in [0.2, 0.25) is 0 Å². The molecule has 3 aliphatic rings. The average Bonchev–Trinajstić information content (AvgIpc) is 3.07. The van der Waals surface area contributed by atoms with E-state index in [9.17, 15) is 24.9 Å². The van der Waals surface area contributed by atoms with Crippen molar-refractivity contribution in [3.8, 4) is 11.5 Å². The van der Waals surface area contributed by atoms with Crippen molar-refractivity contribution in [3.63, 3.8) is 0 Å². The first-order chi connectivity index (χ1) is 15.2. The Balaban J connectivity index is 1.91. The number of aliphatic hydroxyl groups excluding tert-OH is 1. The summed E-state index contributed by atoms with van der Waals surface area (Å²) in [6.07, 6.45) is 0.0469. The van der Waals surface area contributed by atoms with Gasteiger partial charge in [-0.15, -0.1) is 0 Å². The molecule has 8 heteroatoms. The molecule has 0 spiro atoms. The number of hydrogen-bond acceptors (Lipinski definition) is 7. The van der Waals surface area contributed by atoms with Crippen LogP contribution in [0.3, 0.4) is 0 Å². The van der Waals surface area contributed by atoms with Crippen LogP contribution in [0.25, 0.3) is 0 Å². The Morgan fingerprint density at radius 2 is 1.94 bits per heavy atom. The van der Waals surface area contributed by atoms with Crippen molar-refractivity contribution in [2.45, 2.75) is 84.2 Å². The summed E-state index contributed by atoms with van der Waals surface area (Å²) in [6, 6.07) is 0. The lowest BCUT2D eigenvalue weighted by atomic mass is 9.48. The van der Waals surface area contributed by atoms with E-state index in [2.05, 4.69) is 0 Å². The highest BCUT2D eigenvalue weighted by atomic mass is 16.5. The number of aliphatic carboxylic acids is 1. The molecule has 33 heavy (non-hydrogen) atoms. The standard InChI is InChI=1S/C25H34O8/c1-12-14-11-32-22(29)18(14)20(31-6)13-9-16-24(4,8-7-17(27)28)21(23(2,3)30)15(26)10-25(16,5)33-19(12)13/h15-16,21,26,30H,7-11H2,1-6H3,(H,27,28)/t15-,16+,21+,24-,25+/m0/s1. The number of ether oxygens (including phenoxy) is 3. The molecule has 182 valence electrons. The van der Waals surface area contributed by atoms with Crippen molar-refractivity contribution in [1.29, 1.82) is 0 Å². The fraction of sp³-hybridized carbons (Fsp3) is 0.680. The fourth-order valence-electron chi connectivity index (χ4n) is 7.11. The van der Waals surface area contributed by atoms with Crippen LogP contribution < -0.4 is 9.47 Å². The minimum Gasteiger partial charge on any atom is -0.495 e. The SMILES string of the molecule is COc1c2c(c(C)c3c1C(=O)OC3)O[C@]1(C)C[C@H](O)[C@H](C(C)(C)O)[C@@](C)(CCC(=O)O)[C@H]1C2. The third kappa shape index (κ3) is 3.49. The van der Waals surface area contributed by atoms with E-state index in [4.69, 9.17) is 14.2 Å². The Morgan fingerprint density at radius 3 is 2.52 bits per heavy atom. The zero-order valence-electron chi connectivity index (χ0n) is 20.2. The number of cyclic esters (lactones) is 1. The third-order valence-electron chi connectivity index (χ3n) is 8.25. The first-order valence-corrected chi connectivity index (χ1v) is 11.4. The van der Waals surface area contributed by atoms with E-state index in [0.717, 1.165) is 16.7 Å². The van der Waals surface area contributed by atoms with Crippen molar-refractivity contribution in [2.24, 2.45) is 17.3 Å². The first-order valence-electron chi connectivity index (χ1n) is 11.4. The van der Waals surface area contributed by atoms with E-state index in [1.165, 1.54) is 7.11 Å². The van der Waals surface area contributed by atoms with Crippen molar-refractivity contribution in [1.82, 2.24) is 0 Å². The summed E-state index contributed by atoms with van der Waals surface area (Å²) in [5, 5.41) is 31.8. The van der Waals surface area contributed by atoms with Gasteiger partial charge in [0.25, 0.3) is 0 Å². The number of carboxylic acid groups (broad SMARTS) is 1. The summed E-state index contributed by atoms with van der Waals surface area (Å²) < 4.78 is 17.6. The predicted octanol–water partition coefficient (Wildman–Crippen LogP) is 3.01. The van der Waals surface area contributed by atoms with Gasteiger partial charge < -0.3 is 29.5 Å². The van der Waals surface area contributed by atoms with Crippen LogP contribution in [0.5, 0.6) is 11.5 Å². The van der Waals surface area contributed by atoms with Gasteiger partial charge in [-0.1, -0.05) is 6.92 Å². The predicted molar refractivity (Wildman–Crippen MR) is 118 cm³/mol. The Bertz CT molecular complexity index is 1010. The summed E-state index contributed by atoms with van der Waals surface area (Å²) in [5.74, 6) is -1.10. The maximum Gasteiger partial charge on any atom is 0.342 e. The molecule has 0 unspecified atom stereocenters. The highest BCUT2D eigenvalue weighted by molar-refractivity contribution is 5.98. The van der Waals surface area contributed by atoms with E-state index in [-0.39, 0.29) is 25.4 Å². The summed E-state index contributed by atoms with van der Waals surface area (Å²) in [7, 11) is 1.51. The van der Waals surface area contributed by atoms with E-state index in [1.54, 1.807) is 13.8 Å². The maximum atomic E-state index is 12.5. The molecule has 1 aromatic carbocycles. The number of esters is 1. The molecule has 1 aromatic rings. The summed E-state index contributed by atoms with van der Waals surface area (Å²) in [4.78, 5) is 24.0. The lowest BCUT2D eigenvalue weighted by Crippen LogP contribution is -2.66. The number of carbonyl (C=O) groups is 2. The topological polar surface area (TPSA) is 123 Å². The quantitative estimate of drug-likeness (QED) is 0.571. The van der Waals surface area contributed by atoms with Crippen LogP contribution in [0.1, 0.15) is 74.0 Å². The highest BCUT2D eigenvalue weighted by Gasteiger charge is 2.63. The monoisotopic (exact) mass is 462 g/mol. The zero-order chi connectivity index (χ0) is 24.5. The van der Waals surface area contributed by atoms with Crippen molar-refractivity contribution in [2.75, 3.05) is 7.11 Å². The highest BCUT2D eigenvalue weighted by Crippen LogP contribution is 2.61. The van der Waals surface area contributed by atoms with Crippen LogP contribution in [0.15, 0.2) is 0 Å². The lowest BCUT2D eigenvalue weighted by molar-refractivity contribution is -0.213. The van der Waals surface area contributed by atoms with Crippen molar-refractivity contribution in [3.05, 3.63) is 22.3 Å². The van der Waals surface area contributed by atoms with Gasteiger partial charge in [-0.3, -0.25) is 4.79 Å². The molecular formula is C25H34O8. The molecule has 8 nitrogen and oxygen atoms in total. The van der Waals surface area contributed by atoms with Gasteiger partial charge >= 0.3 is 11.9 Å². The summed E-state index contributed by atoms with van der Waals surface area (Å²) >= 11 is 0. The zero-order valence-corrected chi connectivity index (χ0v) is 20.2. The molecule has 3 N–H and O–H groups in total. The Kier molecular flexibility index (Phi) is 5.49. The molecule has 1 fully saturated rings. The molecule has 0 amide bonds. The molecule has 0 radical (unpaired) electrons. The second-order valence-electron chi connectivity index (χ2n) is 10.9. The largest absolute Gasteiger partial charge is 0.495 e. The normalized spacial score (nSPS) is 32.8. The smallest absolute Gasteiger partial charge is 0.342 e. The molecule has 5 atom stereocenters. The van der Waals surface area contributed by atoms with E-state index < -0.39 is 40.6 Å². The van der Waals surface area contributed by atoms with Crippen LogP contribution in [-0.2, 0) is 22.6 Å². The molecule has 1 saturated carbocycles. The first kappa shape index (κ1) is 23.8. The lowest BCUT2D eigenvalue weighted by Gasteiger charge is -2.61. The maximum absolute atomic E-state index is 12.5. The Hall–Kier alpha value is -2.32. The molecule has 0 aromatic heterocycles. The molecule has 2 aliphatic heterocycles. The Morgan fingerprint density at radius 1 is 1.27 bits per heavy atom. The van der Waals surface area contributed by atoms with Crippen LogP contribution in [0.2, 0.25) is 0 Å². The number of hydrogen-bond donors (Lipinski definition) is 3. The van der Waals surface area contributed by atoms with Crippen LogP contribution in [0, 0.1) is 24.2 Å². The number of methoxy groups -OCH3 is 1. The number of aliphatic hydroxyl groups is 2. The number of rotatable bonds is 5. The summed E-state index contributed by atoms with van der Waals surface area (Å²) in [5.41, 5.74) is -0.0651. The molecule has 2 heterocycles. The average molecular weight is 463 g/mol. The van der Waals surface area contributed by atoms with E-state index in [0.29, 0.717) is 29.9 Å². The van der Waals surface area contributed by atoms with Crippen LogP contribution in [-0.4, -0.2) is 51.7 Å². The molecule has 0 saturated heterocycles. The van der Waals surface area contributed by atoms with Gasteiger partial charge in [-0.05, 0) is 51.5 Å². The summed E-state index contributed by atoms with van der Waals surface area (Å²) in [6.45, 7) is 9.27. The molecular weight excluding hydrogens is 428 g/mol. The minimum absolute atomic E-state index is 0.0953. The van der Waals surface area contributed by atoms with E-state index >= 15 is 0 Å². The van der Waals surface area contributed by atoms with Gasteiger partial charge in [-0.2, -0.15) is 0 Å². The van der Waals surface area contributed by atoms with Gasteiger partial charge in [-0.25, -0.2) is 4.79 Å². The van der Waals surface area contributed by atoms with Gasteiger partial charge in [0.1, 0.15) is 29.3 Å². The fourth-order valence-corrected chi connectivity index (χ4v) is 7.11. The number of carbonyl (C=O) groups excluding carboxylic acids is 1. The van der Waals surface area contributed by atoms with Gasteiger partial charge in [0.15, 0.2) is 0 Å². The van der Waals surface area contributed by atoms with Crippen LogP contribution in [0.4, 0.5) is 0 Å². The second-order valence-corrected chi connectivity index (χ2v) is 10.9. The van der Waals surface area contributed by atoms with Crippen molar-refractivity contribution < 1.29 is 39.1 Å². The molecule has 0 bridgehead atoms. The Labute approximate surface area is 193 Å². The van der Waals surface area contributed by atoms with Crippen molar-refractivity contribution >= 4 is 11.9 Å². The molecule has 4 rings (SSSR count). The van der Waals surface area contributed by atoms with E-state index in [1.807, 2.05) is 20.8 Å². The minimum atomic E-state index is -1.24.